The maximum Gasteiger partial charge on any atom is 0.322 e. The second kappa shape index (κ2) is 6.48. The number of benzene rings is 2. The van der Waals surface area contributed by atoms with Crippen LogP contribution in [0.2, 0.25) is 0 Å². The summed E-state index contributed by atoms with van der Waals surface area (Å²) >= 11 is 0. The van der Waals surface area contributed by atoms with Gasteiger partial charge in [0.15, 0.2) is 5.54 Å². The number of carbonyl (C=O) groups is 2. The van der Waals surface area contributed by atoms with E-state index < -0.39 is 17.5 Å². The van der Waals surface area contributed by atoms with Gasteiger partial charge in [0, 0.05) is 24.7 Å². The Kier molecular flexibility index (Phi) is 4.12. The highest BCUT2D eigenvalue weighted by molar-refractivity contribution is 6.07. The van der Waals surface area contributed by atoms with Crippen LogP contribution in [0.5, 0.6) is 17.2 Å². The molecule has 0 aromatic heterocycles. The Bertz CT molecular complexity index is 899. The molecule has 2 heterocycles. The topological polar surface area (TPSA) is 100 Å². The lowest BCUT2D eigenvalue weighted by Crippen LogP contribution is -2.53. The van der Waals surface area contributed by atoms with Gasteiger partial charge in [0.25, 0.3) is 5.91 Å². The number of amides is 3. The van der Waals surface area contributed by atoms with E-state index in [2.05, 4.69) is 10.6 Å². The molecule has 0 radical (unpaired) electrons. The largest absolute Gasteiger partial charge is 0.508 e. The Morgan fingerprint density at radius 2 is 2.00 bits per heavy atom. The standard InChI is InChI=1S/C19H19N3O5/c1-26-15-7-2-12-9-22(11-27-16(12)8-15)10-19(17(24)20-18(25)21-19)13-3-5-14(23)6-4-13/h2-8,23H,9-11H2,1H3,(H2,20,21,24,25)/t19-/m0/s1. The minimum Gasteiger partial charge on any atom is -0.508 e. The SMILES string of the molecule is COc1ccc2c(c1)OCN(C[C@@]1(c3ccc(O)cc3)NC(=O)NC1=O)C2. The fourth-order valence-electron chi connectivity index (χ4n) is 3.45. The number of hydrogen-bond acceptors (Lipinski definition) is 6. The van der Waals surface area contributed by atoms with Crippen LogP contribution in [0.25, 0.3) is 0 Å². The van der Waals surface area contributed by atoms with E-state index in [1.54, 1.807) is 19.2 Å². The van der Waals surface area contributed by atoms with Gasteiger partial charge in [0.05, 0.1) is 7.11 Å². The highest BCUT2D eigenvalue weighted by atomic mass is 16.5. The summed E-state index contributed by atoms with van der Waals surface area (Å²) in [5.74, 6) is 1.11. The molecule has 2 aromatic carbocycles. The van der Waals surface area contributed by atoms with E-state index in [0.29, 0.717) is 17.9 Å². The third-order valence-corrected chi connectivity index (χ3v) is 4.83. The smallest absolute Gasteiger partial charge is 0.322 e. The number of phenolic OH excluding ortho intramolecular Hbond substituents is 1. The van der Waals surface area contributed by atoms with Gasteiger partial charge in [0.2, 0.25) is 0 Å². The van der Waals surface area contributed by atoms with Crippen LogP contribution < -0.4 is 20.1 Å². The van der Waals surface area contributed by atoms with E-state index in [-0.39, 0.29) is 19.0 Å². The van der Waals surface area contributed by atoms with E-state index in [1.807, 2.05) is 23.1 Å². The molecule has 1 fully saturated rings. The molecule has 2 aliphatic heterocycles. The summed E-state index contributed by atoms with van der Waals surface area (Å²) in [6.45, 7) is 1.05. The van der Waals surface area contributed by atoms with Crippen molar-refractivity contribution in [3.63, 3.8) is 0 Å². The molecule has 2 aromatic rings. The van der Waals surface area contributed by atoms with Crippen LogP contribution >= 0.6 is 0 Å². The maximum atomic E-state index is 12.7. The quantitative estimate of drug-likeness (QED) is 0.702. The Balaban J connectivity index is 1.62. The summed E-state index contributed by atoms with van der Waals surface area (Å²) in [6.07, 6.45) is 0. The van der Waals surface area contributed by atoms with E-state index in [1.165, 1.54) is 12.1 Å². The van der Waals surface area contributed by atoms with Crippen molar-refractivity contribution >= 4 is 11.9 Å². The fourth-order valence-corrected chi connectivity index (χ4v) is 3.45. The molecule has 1 atom stereocenters. The number of hydrogen-bond donors (Lipinski definition) is 3. The second-order valence-corrected chi connectivity index (χ2v) is 6.59. The van der Waals surface area contributed by atoms with E-state index in [4.69, 9.17) is 9.47 Å². The van der Waals surface area contributed by atoms with Gasteiger partial charge >= 0.3 is 6.03 Å². The van der Waals surface area contributed by atoms with Gasteiger partial charge in [-0.1, -0.05) is 18.2 Å². The number of carbonyl (C=O) groups excluding carboxylic acids is 2. The van der Waals surface area contributed by atoms with Crippen molar-refractivity contribution in [3.8, 4) is 17.2 Å². The van der Waals surface area contributed by atoms with Crippen LogP contribution in [0, 0.1) is 0 Å². The van der Waals surface area contributed by atoms with Crippen LogP contribution in [0.4, 0.5) is 4.79 Å². The Morgan fingerprint density at radius 3 is 2.67 bits per heavy atom. The average Bonchev–Trinajstić information content (AvgIpc) is 2.95. The zero-order chi connectivity index (χ0) is 19.0. The summed E-state index contributed by atoms with van der Waals surface area (Å²) in [5, 5.41) is 14.6. The third kappa shape index (κ3) is 3.04. The molecule has 8 heteroatoms. The van der Waals surface area contributed by atoms with Gasteiger partial charge < -0.3 is 19.9 Å². The van der Waals surface area contributed by atoms with Crippen LogP contribution in [0.15, 0.2) is 42.5 Å². The second-order valence-electron chi connectivity index (χ2n) is 6.59. The number of ether oxygens (including phenoxy) is 2. The summed E-state index contributed by atoms with van der Waals surface area (Å²) < 4.78 is 11.0. The average molecular weight is 369 g/mol. The molecule has 1 saturated heterocycles. The van der Waals surface area contributed by atoms with Crippen molar-refractivity contribution in [2.24, 2.45) is 0 Å². The summed E-state index contributed by atoms with van der Waals surface area (Å²) in [5.41, 5.74) is 0.301. The lowest BCUT2D eigenvalue weighted by molar-refractivity contribution is -0.125. The minimum absolute atomic E-state index is 0.0859. The number of nitrogens with zero attached hydrogens (tertiary/aromatic N) is 1. The van der Waals surface area contributed by atoms with Crippen molar-refractivity contribution in [1.29, 1.82) is 0 Å². The molecular weight excluding hydrogens is 350 g/mol. The summed E-state index contributed by atoms with van der Waals surface area (Å²) in [6, 6.07) is 11.3. The van der Waals surface area contributed by atoms with E-state index >= 15 is 0 Å². The molecule has 0 bridgehead atoms. The minimum atomic E-state index is -1.25. The first-order chi connectivity index (χ1) is 13.0. The molecule has 8 nitrogen and oxygen atoms in total. The monoisotopic (exact) mass is 369 g/mol. The van der Waals surface area contributed by atoms with Crippen LogP contribution in [0.1, 0.15) is 11.1 Å². The lowest BCUT2D eigenvalue weighted by atomic mass is 9.89. The summed E-state index contributed by atoms with van der Waals surface area (Å²) in [7, 11) is 1.60. The Hall–Kier alpha value is -3.26. The van der Waals surface area contributed by atoms with Gasteiger partial charge in [0.1, 0.15) is 24.0 Å². The van der Waals surface area contributed by atoms with E-state index in [0.717, 1.165) is 11.3 Å². The highest BCUT2D eigenvalue weighted by Gasteiger charge is 2.49. The predicted molar refractivity (Wildman–Crippen MR) is 95.4 cm³/mol. The number of fused-ring (bicyclic) bond motifs is 1. The fraction of sp³-hybridized carbons (Fsp3) is 0.263. The van der Waals surface area contributed by atoms with Gasteiger partial charge in [-0.25, -0.2) is 4.79 Å². The third-order valence-electron chi connectivity index (χ3n) is 4.83. The molecule has 3 amide bonds. The molecule has 4 rings (SSSR count). The molecule has 2 aliphatic rings. The van der Waals surface area contributed by atoms with Crippen LogP contribution in [-0.4, -0.2) is 42.3 Å². The zero-order valence-corrected chi connectivity index (χ0v) is 14.7. The van der Waals surface area contributed by atoms with Gasteiger partial charge in [-0.2, -0.15) is 0 Å². The number of aromatic hydroxyl groups is 1. The number of phenols is 1. The highest BCUT2D eigenvalue weighted by Crippen LogP contribution is 2.33. The normalized spacial score (nSPS) is 21.8. The summed E-state index contributed by atoms with van der Waals surface area (Å²) in [4.78, 5) is 26.5. The molecule has 0 unspecified atom stereocenters. The molecule has 3 N–H and O–H groups in total. The van der Waals surface area contributed by atoms with Crippen molar-refractivity contribution in [3.05, 3.63) is 53.6 Å². The number of nitrogens with one attached hydrogen (secondary N) is 2. The Labute approximate surface area is 155 Å². The van der Waals surface area contributed by atoms with Gasteiger partial charge in [-0.3, -0.25) is 15.0 Å². The Morgan fingerprint density at radius 1 is 1.22 bits per heavy atom. The predicted octanol–water partition coefficient (Wildman–Crippen LogP) is 1.29. The number of imide groups is 1. The molecule has 140 valence electrons. The van der Waals surface area contributed by atoms with Crippen LogP contribution in [0.3, 0.4) is 0 Å². The number of rotatable bonds is 4. The van der Waals surface area contributed by atoms with E-state index in [9.17, 15) is 14.7 Å². The lowest BCUT2D eigenvalue weighted by Gasteiger charge is -2.36. The molecule has 0 saturated carbocycles. The molecule has 27 heavy (non-hydrogen) atoms. The first-order valence-corrected chi connectivity index (χ1v) is 8.45. The number of methoxy groups -OCH3 is 1. The molecule has 0 spiro atoms. The van der Waals surface area contributed by atoms with Crippen molar-refractivity contribution in [1.82, 2.24) is 15.5 Å². The van der Waals surface area contributed by atoms with Crippen molar-refractivity contribution in [2.75, 3.05) is 20.4 Å². The van der Waals surface area contributed by atoms with Crippen molar-refractivity contribution in [2.45, 2.75) is 12.1 Å². The first-order valence-electron chi connectivity index (χ1n) is 8.45. The van der Waals surface area contributed by atoms with Crippen molar-refractivity contribution < 1.29 is 24.2 Å². The maximum absolute atomic E-state index is 12.7. The molecule has 0 aliphatic carbocycles. The number of urea groups is 1. The zero-order valence-electron chi connectivity index (χ0n) is 14.7. The molecular formula is C19H19N3O5. The van der Waals surface area contributed by atoms with Gasteiger partial charge in [-0.05, 0) is 23.8 Å². The first kappa shape index (κ1) is 17.2. The van der Waals surface area contributed by atoms with Crippen LogP contribution in [-0.2, 0) is 16.9 Å². The van der Waals surface area contributed by atoms with Gasteiger partial charge in [-0.15, -0.1) is 0 Å².